The van der Waals surface area contributed by atoms with E-state index in [4.69, 9.17) is 9.72 Å². The van der Waals surface area contributed by atoms with E-state index in [-0.39, 0.29) is 52.3 Å². The number of nitrogens with zero attached hydrogens (tertiary/aromatic N) is 3. The number of hydrogen-bond donors (Lipinski definition) is 0. The first kappa shape index (κ1) is 29.7. The number of pyridine rings is 1. The number of ether oxygens (including phenoxy) is 1. The van der Waals surface area contributed by atoms with Crippen molar-refractivity contribution < 1.29 is 28.8 Å². The zero-order valence-electron chi connectivity index (χ0n) is 24.7. The second kappa shape index (κ2) is 11.1. The van der Waals surface area contributed by atoms with Crippen LogP contribution in [-0.4, -0.2) is 40.1 Å². The number of nitro benzene ring substituents is 1. The lowest BCUT2D eigenvalue weighted by atomic mass is 9.82. The second-order valence-corrected chi connectivity index (χ2v) is 12.9. The van der Waals surface area contributed by atoms with Crippen LogP contribution in [0, 0.1) is 40.7 Å². The topological polar surface area (TPSA) is 137 Å². The number of non-ortho nitro benzene ring substituents is 1. The number of benzene rings is 3. The molecular weight excluding hydrogens is 654 g/mol. The number of hydrogen-bond acceptors (Lipinski definition) is 8. The van der Waals surface area contributed by atoms with E-state index in [9.17, 15) is 29.3 Å². The van der Waals surface area contributed by atoms with Gasteiger partial charge < -0.3 is 4.74 Å². The number of aryl methyl sites for hydroxylation is 1. The van der Waals surface area contributed by atoms with Crippen molar-refractivity contribution in [2.24, 2.45) is 23.7 Å². The zero-order valence-corrected chi connectivity index (χ0v) is 26.3. The molecule has 46 heavy (non-hydrogen) atoms. The van der Waals surface area contributed by atoms with Gasteiger partial charge in [0.2, 0.25) is 11.8 Å². The molecule has 1 saturated carbocycles. The summed E-state index contributed by atoms with van der Waals surface area (Å²) in [6, 6.07) is 17.2. The summed E-state index contributed by atoms with van der Waals surface area (Å²) in [5.74, 6) is -1.91. The normalized spacial score (nSPS) is 21.5. The lowest BCUT2D eigenvalue weighted by molar-refractivity contribution is -0.384. The van der Waals surface area contributed by atoms with Crippen molar-refractivity contribution in [2.45, 2.75) is 20.3 Å². The van der Waals surface area contributed by atoms with Gasteiger partial charge in [0.1, 0.15) is 0 Å². The first-order chi connectivity index (χ1) is 22.0. The van der Waals surface area contributed by atoms with Crippen molar-refractivity contribution in [2.75, 3.05) is 11.5 Å². The number of aromatic nitrogens is 1. The van der Waals surface area contributed by atoms with Crippen molar-refractivity contribution in [1.82, 2.24) is 4.98 Å². The second-order valence-electron chi connectivity index (χ2n) is 12.0. The van der Waals surface area contributed by atoms with E-state index in [2.05, 4.69) is 22.0 Å². The van der Waals surface area contributed by atoms with Crippen LogP contribution in [0.15, 0.2) is 82.9 Å². The molecule has 3 aromatic carbocycles. The van der Waals surface area contributed by atoms with Crippen molar-refractivity contribution >= 4 is 61.8 Å². The standard InChI is InChI=1S/C35H26BrN3O7/c1-17-11-21-13-25(17)31-30(21)33(41)38(34(31)42)23-7-3-19(4-8-23)28-15-27(26-14-22(36)12-18(2)32(26)37-28)35(43)46-16-29(40)20-5-9-24(10-6-20)39(44)45/h3-12,14-15,21,25,30-31H,13,16H2,1-2H3. The summed E-state index contributed by atoms with van der Waals surface area (Å²) in [6.45, 7) is 3.34. The molecule has 2 heterocycles. The van der Waals surface area contributed by atoms with Gasteiger partial charge in [-0.25, -0.2) is 9.78 Å². The Balaban J connectivity index is 1.16. The van der Waals surface area contributed by atoms with Crippen molar-refractivity contribution in [3.63, 3.8) is 0 Å². The minimum atomic E-state index is -0.739. The van der Waals surface area contributed by atoms with Crippen LogP contribution in [0.2, 0.25) is 0 Å². The summed E-state index contributed by atoms with van der Waals surface area (Å²) in [6.07, 6.45) is 3.01. The monoisotopic (exact) mass is 679 g/mol. The van der Waals surface area contributed by atoms with Gasteiger partial charge >= 0.3 is 5.97 Å². The Hall–Kier alpha value is -5.03. The van der Waals surface area contributed by atoms with E-state index < -0.39 is 23.3 Å². The Labute approximate surface area is 271 Å². The lowest BCUT2D eigenvalue weighted by Crippen LogP contribution is -2.32. The fraction of sp³-hybridized carbons (Fsp3) is 0.229. The molecule has 0 N–H and O–H groups in total. The third-order valence-corrected chi connectivity index (χ3v) is 9.78. The molecule has 10 nitrogen and oxygen atoms in total. The molecule has 3 aliphatic rings. The van der Waals surface area contributed by atoms with Crippen molar-refractivity contribution in [3.8, 4) is 11.3 Å². The number of Topliss-reactive ketones (excluding diaryl/α,β-unsaturated/α-hetero) is 1. The molecule has 1 aromatic heterocycles. The van der Waals surface area contributed by atoms with Crippen molar-refractivity contribution in [3.05, 3.63) is 110 Å². The number of anilines is 1. The Kier molecular flexibility index (Phi) is 7.16. The Morgan fingerprint density at radius 2 is 1.70 bits per heavy atom. The van der Waals surface area contributed by atoms with Gasteiger partial charge in [-0.2, -0.15) is 0 Å². The number of allylic oxidation sites excluding steroid dienone is 2. The van der Waals surface area contributed by atoms with E-state index >= 15 is 0 Å². The van der Waals surface area contributed by atoms with E-state index in [1.807, 2.05) is 19.9 Å². The predicted molar refractivity (Wildman–Crippen MR) is 172 cm³/mol. The number of ketones is 1. The summed E-state index contributed by atoms with van der Waals surface area (Å²) < 4.78 is 6.16. The van der Waals surface area contributed by atoms with Crippen molar-refractivity contribution in [1.29, 1.82) is 0 Å². The quantitative estimate of drug-likeness (QED) is 0.0531. The molecule has 11 heteroatoms. The van der Waals surface area contributed by atoms with Crippen LogP contribution >= 0.6 is 15.9 Å². The highest BCUT2D eigenvalue weighted by Crippen LogP contribution is 2.56. The largest absolute Gasteiger partial charge is 0.454 e. The van der Waals surface area contributed by atoms with Crippen LogP contribution in [0.3, 0.4) is 0 Å². The summed E-state index contributed by atoms with van der Waals surface area (Å²) in [5.41, 5.74) is 4.39. The summed E-state index contributed by atoms with van der Waals surface area (Å²) in [4.78, 5) is 69.4. The molecule has 230 valence electrons. The molecule has 1 saturated heterocycles. The third-order valence-electron chi connectivity index (χ3n) is 9.33. The smallest absolute Gasteiger partial charge is 0.339 e. The Morgan fingerprint density at radius 1 is 1.00 bits per heavy atom. The maximum atomic E-state index is 13.4. The van der Waals surface area contributed by atoms with E-state index in [1.165, 1.54) is 34.7 Å². The minimum absolute atomic E-state index is 0.114. The molecule has 0 radical (unpaired) electrons. The molecule has 4 unspecified atom stereocenters. The highest BCUT2D eigenvalue weighted by atomic mass is 79.9. The number of rotatable bonds is 7. The minimum Gasteiger partial charge on any atom is -0.454 e. The highest BCUT2D eigenvalue weighted by molar-refractivity contribution is 9.10. The van der Waals surface area contributed by atoms with Gasteiger partial charge in [0.05, 0.1) is 39.2 Å². The number of carbonyl (C=O) groups is 4. The fourth-order valence-electron chi connectivity index (χ4n) is 7.14. The van der Waals surface area contributed by atoms with Crippen LogP contribution in [-0.2, 0) is 14.3 Å². The summed E-state index contributed by atoms with van der Waals surface area (Å²) in [7, 11) is 0. The van der Waals surface area contributed by atoms with E-state index in [1.54, 1.807) is 36.4 Å². The molecule has 0 spiro atoms. The number of esters is 1. The van der Waals surface area contributed by atoms with Gasteiger partial charge in [-0.05, 0) is 80.1 Å². The molecule has 2 amide bonds. The van der Waals surface area contributed by atoms with Crippen LogP contribution < -0.4 is 4.90 Å². The Morgan fingerprint density at radius 3 is 2.39 bits per heavy atom. The third kappa shape index (κ3) is 4.82. The van der Waals surface area contributed by atoms with Gasteiger partial charge in [-0.15, -0.1) is 0 Å². The van der Waals surface area contributed by atoms with Crippen LogP contribution in [0.5, 0.6) is 0 Å². The molecule has 2 fully saturated rings. The fourth-order valence-corrected chi connectivity index (χ4v) is 7.72. The molecular formula is C35H26BrN3O7. The van der Waals surface area contributed by atoms with Gasteiger partial charge in [0, 0.05) is 33.1 Å². The highest BCUT2D eigenvalue weighted by Gasteiger charge is 2.60. The maximum Gasteiger partial charge on any atom is 0.339 e. The number of nitro groups is 1. The number of carbonyl (C=O) groups excluding carboxylic acids is 4. The number of amides is 2. The molecule has 7 rings (SSSR count). The average molecular weight is 681 g/mol. The van der Waals surface area contributed by atoms with Crippen LogP contribution in [0.1, 0.15) is 39.6 Å². The maximum absolute atomic E-state index is 13.4. The SMILES string of the molecule is CC1=CC2CC1C1C(=O)N(c3ccc(-c4cc(C(=O)OCC(=O)c5ccc([N+](=O)[O-])cc5)c5cc(Br)cc(C)c5n4)cc3)C(=O)C21. The lowest BCUT2D eigenvalue weighted by Gasteiger charge is -2.19. The molecule has 1 aliphatic heterocycles. The average Bonchev–Trinajstić information content (AvgIpc) is 3.68. The van der Waals surface area contributed by atoms with Gasteiger partial charge in [-0.3, -0.25) is 29.4 Å². The first-order valence-corrected chi connectivity index (χ1v) is 15.5. The van der Waals surface area contributed by atoms with Gasteiger partial charge in [-0.1, -0.05) is 39.7 Å². The number of imide groups is 1. The number of halogens is 1. The Bertz CT molecular complexity index is 2040. The molecule has 2 bridgehead atoms. The molecule has 2 aliphatic carbocycles. The van der Waals surface area contributed by atoms with Crippen LogP contribution in [0.4, 0.5) is 11.4 Å². The summed E-state index contributed by atoms with van der Waals surface area (Å²) in [5, 5.41) is 11.5. The molecule has 4 atom stereocenters. The first-order valence-electron chi connectivity index (χ1n) is 14.7. The predicted octanol–water partition coefficient (Wildman–Crippen LogP) is 6.62. The van der Waals surface area contributed by atoms with E-state index in [0.717, 1.165) is 16.5 Å². The zero-order chi connectivity index (χ0) is 32.4. The number of fused-ring (bicyclic) bond motifs is 6. The van der Waals surface area contributed by atoms with Gasteiger partial charge in [0.25, 0.3) is 5.69 Å². The van der Waals surface area contributed by atoms with Crippen LogP contribution in [0.25, 0.3) is 22.2 Å². The summed E-state index contributed by atoms with van der Waals surface area (Å²) >= 11 is 3.48. The molecule has 4 aromatic rings. The van der Waals surface area contributed by atoms with E-state index in [0.29, 0.717) is 27.8 Å². The van der Waals surface area contributed by atoms with Gasteiger partial charge in [0.15, 0.2) is 12.4 Å².